The van der Waals surface area contributed by atoms with Crippen LogP contribution in [0.1, 0.15) is 21.8 Å². The molecule has 1 aliphatic rings. The molecule has 0 spiro atoms. The fourth-order valence-corrected chi connectivity index (χ4v) is 3.43. The monoisotopic (exact) mass is 392 g/mol. The highest BCUT2D eigenvalue weighted by Gasteiger charge is 2.34. The van der Waals surface area contributed by atoms with Crippen molar-refractivity contribution >= 4 is 18.3 Å². The molecule has 1 amide bonds. The first-order chi connectivity index (χ1) is 12.6. The number of carbonyl (C=O) groups excluding carboxylic acids is 1. The zero-order valence-electron chi connectivity index (χ0n) is 15.7. The fourth-order valence-electron chi connectivity index (χ4n) is 3.43. The number of nitrogens with zero attached hydrogens (tertiary/aromatic N) is 1. The molecule has 1 aliphatic heterocycles. The molecular weight excluding hydrogens is 368 g/mol. The van der Waals surface area contributed by atoms with E-state index in [1.54, 1.807) is 17.0 Å². The van der Waals surface area contributed by atoms with Crippen LogP contribution in [0.25, 0.3) is 0 Å². The van der Waals surface area contributed by atoms with Crippen LogP contribution in [0.15, 0.2) is 42.5 Å². The Bertz CT molecular complexity index is 760. The number of amides is 1. The summed E-state index contributed by atoms with van der Waals surface area (Å²) in [6.45, 7) is 1.09. The standard InChI is InChI=1S/C20H24N2O4.ClH/c1-24-17-9-14(10-18(25-2)19(17)26-3)20(23)22-11-15(16(21)12-22)13-7-5-4-6-8-13;/h4-10,15-16H,11-12,21H2,1-3H3;1H/t15-,16+;/m0./s1. The van der Waals surface area contributed by atoms with E-state index in [0.29, 0.717) is 35.9 Å². The van der Waals surface area contributed by atoms with Crippen molar-refractivity contribution in [2.75, 3.05) is 34.4 Å². The van der Waals surface area contributed by atoms with Crippen molar-refractivity contribution < 1.29 is 19.0 Å². The number of hydrogen-bond acceptors (Lipinski definition) is 5. The lowest BCUT2D eigenvalue weighted by Gasteiger charge is -2.19. The third-order valence-corrected chi connectivity index (χ3v) is 4.79. The van der Waals surface area contributed by atoms with E-state index in [-0.39, 0.29) is 30.3 Å². The fraction of sp³-hybridized carbons (Fsp3) is 0.350. The normalized spacial score (nSPS) is 18.6. The van der Waals surface area contributed by atoms with Crippen molar-refractivity contribution in [1.29, 1.82) is 0 Å². The number of likely N-dealkylation sites (tertiary alicyclic amines) is 1. The molecule has 2 N–H and O–H groups in total. The largest absolute Gasteiger partial charge is 0.493 e. The summed E-state index contributed by atoms with van der Waals surface area (Å²) in [6, 6.07) is 13.3. The second-order valence-electron chi connectivity index (χ2n) is 6.31. The lowest BCUT2D eigenvalue weighted by molar-refractivity contribution is 0.0788. The van der Waals surface area contributed by atoms with Crippen molar-refractivity contribution in [3.05, 3.63) is 53.6 Å². The van der Waals surface area contributed by atoms with Gasteiger partial charge in [0.1, 0.15) is 0 Å². The van der Waals surface area contributed by atoms with Crippen LogP contribution in [0.2, 0.25) is 0 Å². The number of methoxy groups -OCH3 is 3. The van der Waals surface area contributed by atoms with Gasteiger partial charge in [-0.15, -0.1) is 12.4 Å². The highest BCUT2D eigenvalue weighted by molar-refractivity contribution is 5.96. The molecule has 1 heterocycles. The van der Waals surface area contributed by atoms with Gasteiger partial charge in [-0.3, -0.25) is 4.79 Å². The van der Waals surface area contributed by atoms with Crippen LogP contribution in [-0.2, 0) is 0 Å². The molecule has 2 aromatic carbocycles. The minimum atomic E-state index is -0.0989. The minimum absolute atomic E-state index is 0. The summed E-state index contributed by atoms with van der Waals surface area (Å²) in [7, 11) is 4.59. The van der Waals surface area contributed by atoms with Gasteiger partial charge in [-0.05, 0) is 17.7 Å². The average molecular weight is 393 g/mol. The second kappa shape index (κ2) is 8.97. The Kier molecular flexibility index (Phi) is 6.93. The van der Waals surface area contributed by atoms with Crippen molar-refractivity contribution in [1.82, 2.24) is 4.90 Å². The van der Waals surface area contributed by atoms with Crippen LogP contribution < -0.4 is 19.9 Å². The molecule has 0 aromatic heterocycles. The molecule has 3 rings (SSSR count). The van der Waals surface area contributed by atoms with Crippen LogP contribution >= 0.6 is 12.4 Å². The molecule has 6 nitrogen and oxygen atoms in total. The highest BCUT2D eigenvalue weighted by atomic mass is 35.5. The molecule has 0 radical (unpaired) electrons. The molecular formula is C20H25ClN2O4. The van der Waals surface area contributed by atoms with E-state index in [0.717, 1.165) is 5.56 Å². The van der Waals surface area contributed by atoms with Gasteiger partial charge in [0.05, 0.1) is 21.3 Å². The summed E-state index contributed by atoms with van der Waals surface area (Å²) in [5, 5.41) is 0. The van der Waals surface area contributed by atoms with Crippen LogP contribution in [0.4, 0.5) is 0 Å². The summed E-state index contributed by atoms with van der Waals surface area (Å²) < 4.78 is 16.0. The number of benzene rings is 2. The van der Waals surface area contributed by atoms with E-state index in [1.165, 1.54) is 21.3 Å². The number of hydrogen-bond donors (Lipinski definition) is 1. The summed E-state index contributed by atoms with van der Waals surface area (Å²) >= 11 is 0. The first-order valence-corrected chi connectivity index (χ1v) is 8.48. The number of nitrogens with two attached hydrogens (primary N) is 1. The maximum atomic E-state index is 13.0. The number of carbonyl (C=O) groups is 1. The molecule has 1 saturated heterocycles. The summed E-state index contributed by atoms with van der Waals surface area (Å²) in [5.41, 5.74) is 7.95. The number of ether oxygens (including phenoxy) is 3. The Morgan fingerprint density at radius 2 is 1.59 bits per heavy atom. The third kappa shape index (κ3) is 4.12. The van der Waals surface area contributed by atoms with Crippen molar-refractivity contribution in [3.8, 4) is 17.2 Å². The van der Waals surface area contributed by atoms with Crippen molar-refractivity contribution in [2.24, 2.45) is 5.73 Å². The van der Waals surface area contributed by atoms with E-state index >= 15 is 0 Å². The lowest BCUT2D eigenvalue weighted by Crippen LogP contribution is -2.32. The molecule has 27 heavy (non-hydrogen) atoms. The quantitative estimate of drug-likeness (QED) is 0.846. The summed E-state index contributed by atoms with van der Waals surface area (Å²) in [5.74, 6) is 1.41. The molecule has 2 atom stereocenters. The average Bonchev–Trinajstić information content (AvgIpc) is 3.08. The molecule has 0 bridgehead atoms. The summed E-state index contributed by atoms with van der Waals surface area (Å²) in [6.07, 6.45) is 0. The lowest BCUT2D eigenvalue weighted by atomic mass is 9.95. The van der Waals surface area contributed by atoms with Gasteiger partial charge in [-0.1, -0.05) is 30.3 Å². The smallest absolute Gasteiger partial charge is 0.254 e. The first kappa shape index (κ1) is 20.9. The van der Waals surface area contributed by atoms with Gasteiger partial charge >= 0.3 is 0 Å². The van der Waals surface area contributed by atoms with Crippen molar-refractivity contribution in [2.45, 2.75) is 12.0 Å². The van der Waals surface area contributed by atoms with Gasteiger partial charge in [0.15, 0.2) is 11.5 Å². The Balaban J connectivity index is 0.00000261. The summed E-state index contributed by atoms with van der Waals surface area (Å²) in [4.78, 5) is 14.8. The van der Waals surface area contributed by atoms with Gasteiger partial charge < -0.3 is 24.8 Å². The second-order valence-corrected chi connectivity index (χ2v) is 6.31. The van der Waals surface area contributed by atoms with E-state index in [4.69, 9.17) is 19.9 Å². The molecule has 2 aromatic rings. The Morgan fingerprint density at radius 1 is 1.00 bits per heavy atom. The van der Waals surface area contributed by atoms with Gasteiger partial charge in [-0.25, -0.2) is 0 Å². The zero-order chi connectivity index (χ0) is 18.7. The van der Waals surface area contributed by atoms with Crippen molar-refractivity contribution in [3.63, 3.8) is 0 Å². The molecule has 0 aliphatic carbocycles. The molecule has 1 fully saturated rings. The predicted octanol–water partition coefficient (Wildman–Crippen LogP) is 2.70. The zero-order valence-corrected chi connectivity index (χ0v) is 16.5. The van der Waals surface area contributed by atoms with Crippen LogP contribution in [0.3, 0.4) is 0 Å². The topological polar surface area (TPSA) is 74.0 Å². The number of halogens is 1. The van der Waals surface area contributed by atoms with E-state index in [1.807, 2.05) is 18.2 Å². The van der Waals surface area contributed by atoms with Gasteiger partial charge in [0.2, 0.25) is 5.75 Å². The Hall–Kier alpha value is -2.44. The molecule has 146 valence electrons. The van der Waals surface area contributed by atoms with Gasteiger partial charge in [0, 0.05) is 30.6 Å². The maximum absolute atomic E-state index is 13.0. The molecule has 7 heteroatoms. The van der Waals surface area contributed by atoms with E-state index in [9.17, 15) is 4.79 Å². The molecule has 0 saturated carbocycles. The van der Waals surface area contributed by atoms with Gasteiger partial charge in [0.25, 0.3) is 5.91 Å². The highest BCUT2D eigenvalue weighted by Crippen LogP contribution is 2.39. The van der Waals surface area contributed by atoms with Crippen LogP contribution in [-0.4, -0.2) is 51.3 Å². The van der Waals surface area contributed by atoms with E-state index < -0.39 is 0 Å². The first-order valence-electron chi connectivity index (χ1n) is 8.48. The van der Waals surface area contributed by atoms with Crippen LogP contribution in [0, 0.1) is 0 Å². The third-order valence-electron chi connectivity index (χ3n) is 4.79. The number of rotatable bonds is 5. The minimum Gasteiger partial charge on any atom is -0.493 e. The Morgan fingerprint density at radius 3 is 2.11 bits per heavy atom. The Labute approximate surface area is 165 Å². The van der Waals surface area contributed by atoms with E-state index in [2.05, 4.69) is 12.1 Å². The molecule has 0 unspecified atom stereocenters. The van der Waals surface area contributed by atoms with Crippen LogP contribution in [0.5, 0.6) is 17.2 Å². The predicted molar refractivity (Wildman–Crippen MR) is 106 cm³/mol. The SMILES string of the molecule is COc1cc(C(=O)N2C[C@@H](N)[C@H](c3ccccc3)C2)cc(OC)c1OC.Cl. The maximum Gasteiger partial charge on any atom is 0.254 e. The van der Waals surface area contributed by atoms with Gasteiger partial charge in [-0.2, -0.15) is 0 Å².